The summed E-state index contributed by atoms with van der Waals surface area (Å²) in [4.78, 5) is 24.5. The number of halogens is 4. The summed E-state index contributed by atoms with van der Waals surface area (Å²) in [6.07, 6.45) is -3.79. The maximum Gasteiger partial charge on any atom is 0.573 e. The van der Waals surface area contributed by atoms with Gasteiger partial charge in [-0.25, -0.2) is 0 Å². The Bertz CT molecular complexity index is 918. The molecule has 1 aliphatic heterocycles. The number of nitro groups is 1. The number of hydrogen-bond acceptors (Lipinski definition) is 4. The molecule has 0 fully saturated rings. The van der Waals surface area contributed by atoms with E-state index in [1.807, 2.05) is 0 Å². The highest BCUT2D eigenvalue weighted by Gasteiger charge is 2.32. The SMILES string of the molecule is O=C(c1ccc(Cl)c([N+](=O)[O-])c1)N1CCCc2cc(OC(F)(F)F)ccc21. The van der Waals surface area contributed by atoms with Gasteiger partial charge in [-0.1, -0.05) is 11.6 Å². The van der Waals surface area contributed by atoms with Crippen molar-refractivity contribution >= 4 is 28.9 Å². The number of alkyl halides is 3. The normalized spacial score (nSPS) is 13.9. The molecule has 0 atom stereocenters. The third-order valence-corrected chi connectivity index (χ3v) is 4.36. The molecule has 0 N–H and O–H groups in total. The van der Waals surface area contributed by atoms with Crippen molar-refractivity contribution in [3.8, 4) is 5.75 Å². The lowest BCUT2D eigenvalue weighted by atomic mass is 10.00. The van der Waals surface area contributed by atoms with Crippen molar-refractivity contribution in [2.45, 2.75) is 19.2 Å². The number of rotatable bonds is 3. The van der Waals surface area contributed by atoms with Crippen molar-refractivity contribution in [3.63, 3.8) is 0 Å². The van der Waals surface area contributed by atoms with Crippen LogP contribution in [-0.4, -0.2) is 23.7 Å². The van der Waals surface area contributed by atoms with Crippen molar-refractivity contribution in [1.29, 1.82) is 0 Å². The first kappa shape index (κ1) is 19.0. The zero-order valence-electron chi connectivity index (χ0n) is 13.6. The van der Waals surface area contributed by atoms with Crippen LogP contribution in [0.4, 0.5) is 24.5 Å². The number of aryl methyl sites for hydroxylation is 1. The first-order chi connectivity index (χ1) is 12.7. The maximum atomic E-state index is 12.8. The smallest absolute Gasteiger partial charge is 0.406 e. The van der Waals surface area contributed by atoms with Crippen LogP contribution in [0.1, 0.15) is 22.3 Å². The summed E-state index contributed by atoms with van der Waals surface area (Å²) in [5.41, 5.74) is 0.640. The van der Waals surface area contributed by atoms with Gasteiger partial charge in [-0.3, -0.25) is 14.9 Å². The second-order valence-electron chi connectivity index (χ2n) is 5.82. The third kappa shape index (κ3) is 4.13. The van der Waals surface area contributed by atoms with E-state index in [-0.39, 0.29) is 16.3 Å². The Balaban J connectivity index is 1.92. The van der Waals surface area contributed by atoms with Crippen LogP contribution in [0.5, 0.6) is 5.75 Å². The van der Waals surface area contributed by atoms with Crippen LogP contribution in [0.2, 0.25) is 5.02 Å². The average Bonchev–Trinajstić information content (AvgIpc) is 2.59. The van der Waals surface area contributed by atoms with E-state index in [0.717, 1.165) is 12.1 Å². The lowest BCUT2D eigenvalue weighted by Crippen LogP contribution is -2.35. The van der Waals surface area contributed by atoms with Gasteiger partial charge in [0.2, 0.25) is 0 Å². The van der Waals surface area contributed by atoms with Gasteiger partial charge in [0.1, 0.15) is 10.8 Å². The fraction of sp³-hybridized carbons (Fsp3) is 0.235. The first-order valence-electron chi connectivity index (χ1n) is 7.80. The lowest BCUT2D eigenvalue weighted by molar-refractivity contribution is -0.384. The molecular formula is C17H12ClF3N2O4. The highest BCUT2D eigenvalue weighted by atomic mass is 35.5. The molecule has 0 aromatic heterocycles. The topological polar surface area (TPSA) is 72.7 Å². The monoisotopic (exact) mass is 400 g/mol. The molecule has 6 nitrogen and oxygen atoms in total. The number of fused-ring (bicyclic) bond motifs is 1. The maximum absolute atomic E-state index is 12.8. The van der Waals surface area contributed by atoms with Crippen LogP contribution in [0.15, 0.2) is 36.4 Å². The number of carbonyl (C=O) groups is 1. The molecule has 0 radical (unpaired) electrons. The second-order valence-corrected chi connectivity index (χ2v) is 6.23. The third-order valence-electron chi connectivity index (χ3n) is 4.04. The van der Waals surface area contributed by atoms with Crippen LogP contribution in [0.25, 0.3) is 0 Å². The summed E-state index contributed by atoms with van der Waals surface area (Å²) in [6.45, 7) is 0.335. The van der Waals surface area contributed by atoms with Crippen LogP contribution >= 0.6 is 11.6 Å². The van der Waals surface area contributed by atoms with Crippen LogP contribution in [0.3, 0.4) is 0 Å². The molecule has 142 valence electrons. The Kier molecular flexibility index (Phi) is 4.97. The standard InChI is InChI=1S/C17H12ClF3N2O4/c18-13-5-3-11(9-15(13)23(25)26)16(24)22-7-1-2-10-8-12(4-6-14(10)22)27-17(19,20)21/h3-6,8-9H,1-2,7H2. The Labute approximate surface area is 156 Å². The van der Waals surface area contributed by atoms with Gasteiger partial charge in [-0.2, -0.15) is 0 Å². The van der Waals surface area contributed by atoms with E-state index in [4.69, 9.17) is 11.6 Å². The number of anilines is 1. The fourth-order valence-electron chi connectivity index (χ4n) is 2.92. The van der Waals surface area contributed by atoms with Crippen LogP contribution in [-0.2, 0) is 6.42 Å². The molecule has 27 heavy (non-hydrogen) atoms. The van der Waals surface area contributed by atoms with Gasteiger partial charge in [0.25, 0.3) is 11.6 Å². The minimum absolute atomic E-state index is 0.0644. The van der Waals surface area contributed by atoms with Gasteiger partial charge in [0, 0.05) is 23.9 Å². The largest absolute Gasteiger partial charge is 0.573 e. The number of amides is 1. The van der Waals surface area contributed by atoms with Crippen molar-refractivity contribution in [2.24, 2.45) is 0 Å². The number of hydrogen-bond donors (Lipinski definition) is 0. The number of benzene rings is 2. The van der Waals surface area contributed by atoms with Gasteiger partial charge in [-0.15, -0.1) is 13.2 Å². The summed E-state index contributed by atoms with van der Waals surface area (Å²) in [7, 11) is 0. The molecular weight excluding hydrogens is 389 g/mol. The summed E-state index contributed by atoms with van der Waals surface area (Å²) in [6, 6.07) is 7.46. The van der Waals surface area contributed by atoms with E-state index in [0.29, 0.717) is 30.6 Å². The van der Waals surface area contributed by atoms with Crippen molar-refractivity contribution < 1.29 is 27.6 Å². The molecule has 2 aromatic carbocycles. The zero-order valence-corrected chi connectivity index (χ0v) is 14.4. The summed E-state index contributed by atoms with van der Waals surface area (Å²) < 4.78 is 41.1. The van der Waals surface area contributed by atoms with E-state index in [1.54, 1.807) is 0 Å². The fourth-order valence-corrected chi connectivity index (χ4v) is 3.11. The quantitative estimate of drug-likeness (QED) is 0.551. The molecule has 1 aliphatic rings. The van der Waals surface area contributed by atoms with Crippen LogP contribution in [0, 0.1) is 10.1 Å². The second kappa shape index (κ2) is 7.07. The van der Waals surface area contributed by atoms with Gasteiger partial charge in [-0.05, 0) is 48.7 Å². The van der Waals surface area contributed by atoms with E-state index in [2.05, 4.69) is 4.74 Å². The summed E-state index contributed by atoms with van der Waals surface area (Å²) in [5, 5.41) is 10.9. The molecule has 0 saturated carbocycles. The highest BCUT2D eigenvalue weighted by Crippen LogP contribution is 2.34. The molecule has 0 saturated heterocycles. The average molecular weight is 401 g/mol. The minimum atomic E-state index is -4.80. The predicted molar refractivity (Wildman–Crippen MR) is 91.2 cm³/mol. The molecule has 10 heteroatoms. The van der Waals surface area contributed by atoms with Crippen molar-refractivity contribution in [2.75, 3.05) is 11.4 Å². The zero-order chi connectivity index (χ0) is 19.8. The highest BCUT2D eigenvalue weighted by molar-refractivity contribution is 6.32. The number of nitrogens with zero attached hydrogens (tertiary/aromatic N) is 2. The molecule has 0 bridgehead atoms. The number of carbonyl (C=O) groups excluding carboxylic acids is 1. The lowest BCUT2D eigenvalue weighted by Gasteiger charge is -2.30. The molecule has 3 rings (SSSR count). The summed E-state index contributed by atoms with van der Waals surface area (Å²) >= 11 is 5.76. The van der Waals surface area contributed by atoms with Gasteiger partial charge in [0.15, 0.2) is 0 Å². The molecule has 0 spiro atoms. The van der Waals surface area contributed by atoms with E-state index in [9.17, 15) is 28.1 Å². The molecule has 2 aromatic rings. The van der Waals surface area contributed by atoms with Crippen molar-refractivity contribution in [3.05, 3.63) is 62.7 Å². The van der Waals surface area contributed by atoms with Gasteiger partial charge in [0.05, 0.1) is 4.92 Å². The Morgan fingerprint density at radius 1 is 1.22 bits per heavy atom. The number of nitro benzene ring substituents is 1. The van der Waals surface area contributed by atoms with E-state index in [1.165, 1.54) is 29.2 Å². The van der Waals surface area contributed by atoms with E-state index >= 15 is 0 Å². The van der Waals surface area contributed by atoms with Gasteiger partial charge < -0.3 is 9.64 Å². The minimum Gasteiger partial charge on any atom is -0.406 e. The molecule has 0 aliphatic carbocycles. The van der Waals surface area contributed by atoms with Crippen LogP contribution < -0.4 is 9.64 Å². The number of ether oxygens (including phenoxy) is 1. The van der Waals surface area contributed by atoms with Gasteiger partial charge >= 0.3 is 6.36 Å². The molecule has 1 amide bonds. The van der Waals surface area contributed by atoms with Crippen molar-refractivity contribution in [1.82, 2.24) is 0 Å². The Hall–Kier alpha value is -2.81. The predicted octanol–water partition coefficient (Wildman–Crippen LogP) is 4.74. The van der Waals surface area contributed by atoms with E-state index < -0.39 is 22.9 Å². The Morgan fingerprint density at radius 2 is 1.96 bits per heavy atom. The summed E-state index contributed by atoms with van der Waals surface area (Å²) in [5.74, 6) is -0.863. The molecule has 1 heterocycles. The first-order valence-corrected chi connectivity index (χ1v) is 8.18. The Morgan fingerprint density at radius 3 is 2.63 bits per heavy atom. The molecule has 0 unspecified atom stereocenters.